The second-order valence-corrected chi connectivity index (χ2v) is 9.01. The minimum Gasteiger partial charge on any atom is -0.491 e. The largest absolute Gasteiger partial charge is 0.491 e. The van der Waals surface area contributed by atoms with Crippen molar-refractivity contribution in [3.8, 4) is 5.75 Å². The van der Waals surface area contributed by atoms with Gasteiger partial charge in [0, 0.05) is 41.8 Å². The lowest BCUT2D eigenvalue weighted by Gasteiger charge is -2.30. The van der Waals surface area contributed by atoms with E-state index >= 15 is 0 Å². The molecule has 2 saturated heterocycles. The van der Waals surface area contributed by atoms with Crippen molar-refractivity contribution in [2.45, 2.75) is 31.3 Å². The molecule has 2 atom stereocenters. The van der Waals surface area contributed by atoms with E-state index < -0.39 is 5.79 Å². The number of nitrogens with zero attached hydrogens (tertiary/aromatic N) is 3. The van der Waals surface area contributed by atoms with E-state index in [1.165, 1.54) is 18.5 Å². The van der Waals surface area contributed by atoms with Crippen LogP contribution in [-0.4, -0.2) is 42.0 Å². The van der Waals surface area contributed by atoms with Crippen molar-refractivity contribution in [1.82, 2.24) is 9.55 Å². The normalized spacial score (nSPS) is 23.1. The summed E-state index contributed by atoms with van der Waals surface area (Å²) in [5.41, 5.74) is 1.97. The molecule has 2 fully saturated rings. The standard InChI is InChI=1S/C24H25Cl2N3O3/c25-18-3-8-22(23(26)13-18)24(16-28-12-9-27-17-28)31-15-21(32-24)14-30-20-6-4-19(5-7-20)29-10-1-2-11-29/h3-9,12-13,17,21H,1-2,10-11,14-16H2. The minimum absolute atomic E-state index is 0.247. The van der Waals surface area contributed by atoms with Crippen LogP contribution in [-0.2, 0) is 21.8 Å². The molecule has 0 spiro atoms. The molecule has 2 aliphatic heterocycles. The fourth-order valence-electron chi connectivity index (χ4n) is 4.29. The summed E-state index contributed by atoms with van der Waals surface area (Å²) in [6, 6.07) is 13.6. The summed E-state index contributed by atoms with van der Waals surface area (Å²) < 4.78 is 20.6. The fraction of sp³-hybridized carbons (Fsp3) is 0.375. The van der Waals surface area contributed by atoms with Gasteiger partial charge >= 0.3 is 0 Å². The van der Waals surface area contributed by atoms with Crippen LogP contribution >= 0.6 is 23.2 Å². The third-order valence-corrected chi connectivity index (χ3v) is 6.44. The third-order valence-electron chi connectivity index (χ3n) is 5.89. The van der Waals surface area contributed by atoms with Crippen molar-refractivity contribution in [2.24, 2.45) is 0 Å². The first-order valence-corrected chi connectivity index (χ1v) is 11.6. The van der Waals surface area contributed by atoms with Crippen LogP contribution in [0.15, 0.2) is 61.2 Å². The van der Waals surface area contributed by atoms with Gasteiger partial charge in [0.15, 0.2) is 0 Å². The van der Waals surface area contributed by atoms with Gasteiger partial charge in [-0.2, -0.15) is 0 Å². The Kier molecular flexibility index (Phi) is 6.28. The van der Waals surface area contributed by atoms with E-state index in [1.54, 1.807) is 24.7 Å². The average Bonchev–Trinajstić information content (AvgIpc) is 3.56. The van der Waals surface area contributed by atoms with E-state index in [1.807, 2.05) is 29.0 Å². The Labute approximate surface area is 197 Å². The first-order valence-electron chi connectivity index (χ1n) is 10.8. The monoisotopic (exact) mass is 473 g/mol. The second kappa shape index (κ2) is 9.32. The molecule has 0 radical (unpaired) electrons. The number of imidazole rings is 1. The number of hydrogen-bond acceptors (Lipinski definition) is 5. The van der Waals surface area contributed by atoms with E-state index in [2.05, 4.69) is 22.0 Å². The van der Waals surface area contributed by atoms with Crippen molar-refractivity contribution >= 4 is 28.9 Å². The number of hydrogen-bond donors (Lipinski definition) is 0. The maximum atomic E-state index is 6.52. The van der Waals surface area contributed by atoms with Gasteiger partial charge in [0.05, 0.1) is 24.5 Å². The molecule has 2 unspecified atom stereocenters. The van der Waals surface area contributed by atoms with Crippen molar-refractivity contribution in [3.05, 3.63) is 76.8 Å². The highest BCUT2D eigenvalue weighted by atomic mass is 35.5. The number of benzene rings is 2. The zero-order chi connectivity index (χ0) is 22.0. The Balaban J connectivity index is 1.28. The molecule has 3 aromatic rings. The van der Waals surface area contributed by atoms with Crippen molar-refractivity contribution in [2.75, 3.05) is 31.2 Å². The maximum Gasteiger partial charge on any atom is 0.215 e. The number of halogens is 2. The molecule has 1 aromatic heterocycles. The molecule has 0 N–H and O–H groups in total. The highest BCUT2D eigenvalue weighted by molar-refractivity contribution is 6.35. The molecule has 32 heavy (non-hydrogen) atoms. The van der Waals surface area contributed by atoms with Crippen LogP contribution in [0.4, 0.5) is 5.69 Å². The lowest BCUT2D eigenvalue weighted by atomic mass is 10.1. The number of aromatic nitrogens is 2. The number of anilines is 1. The van der Waals surface area contributed by atoms with Crippen LogP contribution in [0.3, 0.4) is 0 Å². The molecule has 0 aliphatic carbocycles. The molecular formula is C24H25Cl2N3O3. The molecule has 8 heteroatoms. The van der Waals surface area contributed by atoms with Crippen LogP contribution in [0.2, 0.25) is 10.0 Å². The SMILES string of the molecule is Clc1ccc(C2(Cn3ccnc3)OCC(COc3ccc(N4CCCC4)cc3)O2)c(Cl)c1. The summed E-state index contributed by atoms with van der Waals surface area (Å²) >= 11 is 12.6. The predicted octanol–water partition coefficient (Wildman–Crippen LogP) is 5.14. The van der Waals surface area contributed by atoms with Gasteiger partial charge in [-0.1, -0.05) is 29.3 Å². The number of ether oxygens (including phenoxy) is 3. The highest BCUT2D eigenvalue weighted by Crippen LogP contribution is 2.40. The summed E-state index contributed by atoms with van der Waals surface area (Å²) in [7, 11) is 0. The van der Waals surface area contributed by atoms with Gasteiger partial charge in [-0.25, -0.2) is 4.98 Å². The van der Waals surface area contributed by atoms with Gasteiger partial charge in [-0.15, -0.1) is 0 Å². The lowest BCUT2D eigenvalue weighted by Crippen LogP contribution is -2.34. The summed E-state index contributed by atoms with van der Waals surface area (Å²) in [4.78, 5) is 6.53. The molecule has 0 amide bonds. The molecule has 168 valence electrons. The smallest absolute Gasteiger partial charge is 0.215 e. The molecule has 3 heterocycles. The van der Waals surface area contributed by atoms with Gasteiger partial charge in [0.2, 0.25) is 5.79 Å². The fourth-order valence-corrected chi connectivity index (χ4v) is 4.85. The highest BCUT2D eigenvalue weighted by Gasteiger charge is 2.45. The van der Waals surface area contributed by atoms with Gasteiger partial charge in [-0.05, 0) is 49.2 Å². The van der Waals surface area contributed by atoms with Crippen LogP contribution in [0.1, 0.15) is 18.4 Å². The van der Waals surface area contributed by atoms with Gasteiger partial charge in [0.25, 0.3) is 0 Å². The van der Waals surface area contributed by atoms with Crippen LogP contribution in [0.5, 0.6) is 5.75 Å². The predicted molar refractivity (Wildman–Crippen MR) is 125 cm³/mol. The quantitative estimate of drug-likeness (QED) is 0.475. The van der Waals surface area contributed by atoms with E-state index in [-0.39, 0.29) is 6.10 Å². The Hall–Kier alpha value is -2.25. The Bertz CT molecular complexity index is 1040. The Morgan fingerprint density at radius 3 is 2.62 bits per heavy atom. The molecule has 2 aromatic carbocycles. The van der Waals surface area contributed by atoms with Crippen molar-refractivity contribution in [3.63, 3.8) is 0 Å². The van der Waals surface area contributed by atoms with Gasteiger partial charge in [0.1, 0.15) is 18.5 Å². The van der Waals surface area contributed by atoms with Crippen LogP contribution in [0, 0.1) is 0 Å². The zero-order valence-corrected chi connectivity index (χ0v) is 19.1. The van der Waals surface area contributed by atoms with Crippen LogP contribution < -0.4 is 9.64 Å². The summed E-state index contributed by atoms with van der Waals surface area (Å²) in [5.74, 6) is -0.232. The summed E-state index contributed by atoms with van der Waals surface area (Å²) in [6.45, 7) is 3.42. The van der Waals surface area contributed by atoms with E-state index in [0.717, 1.165) is 24.4 Å². The summed E-state index contributed by atoms with van der Waals surface area (Å²) in [6.07, 6.45) is 7.58. The topological polar surface area (TPSA) is 48.8 Å². The van der Waals surface area contributed by atoms with E-state index in [0.29, 0.717) is 29.8 Å². The average molecular weight is 474 g/mol. The molecule has 0 saturated carbocycles. The second-order valence-electron chi connectivity index (χ2n) is 8.16. The van der Waals surface area contributed by atoms with Crippen molar-refractivity contribution < 1.29 is 14.2 Å². The first kappa shape index (κ1) is 21.6. The first-order chi connectivity index (χ1) is 15.6. The Morgan fingerprint density at radius 1 is 1.09 bits per heavy atom. The van der Waals surface area contributed by atoms with Gasteiger partial charge in [-0.3, -0.25) is 0 Å². The van der Waals surface area contributed by atoms with Gasteiger partial charge < -0.3 is 23.7 Å². The van der Waals surface area contributed by atoms with Crippen molar-refractivity contribution in [1.29, 1.82) is 0 Å². The summed E-state index contributed by atoms with van der Waals surface area (Å²) in [5, 5.41) is 1.06. The lowest BCUT2D eigenvalue weighted by molar-refractivity contribution is -0.189. The molecule has 2 aliphatic rings. The molecule has 5 rings (SSSR count). The number of rotatable bonds is 7. The van der Waals surface area contributed by atoms with E-state index in [4.69, 9.17) is 37.4 Å². The molecular weight excluding hydrogens is 449 g/mol. The Morgan fingerprint density at radius 2 is 1.91 bits per heavy atom. The minimum atomic E-state index is -1.05. The maximum absolute atomic E-state index is 6.52. The zero-order valence-electron chi connectivity index (χ0n) is 17.6. The molecule has 6 nitrogen and oxygen atoms in total. The third kappa shape index (κ3) is 4.59. The van der Waals surface area contributed by atoms with Crippen LogP contribution in [0.25, 0.3) is 0 Å². The van der Waals surface area contributed by atoms with E-state index in [9.17, 15) is 0 Å². The molecule has 0 bridgehead atoms.